The molecule has 2 heterocycles. The summed E-state index contributed by atoms with van der Waals surface area (Å²) >= 11 is -2.74. The molecular weight excluding hydrogens is 497 g/mol. The molecule has 0 amide bonds. The Bertz CT molecular complexity index is 1070. The number of hydrogen-bond donors (Lipinski definition) is 0. The third-order valence-corrected chi connectivity index (χ3v) is 21.1. The molecule has 32 heavy (non-hydrogen) atoms. The first kappa shape index (κ1) is 24.8. The van der Waals surface area contributed by atoms with E-state index in [0.29, 0.717) is 0 Å². The molecule has 4 heteroatoms. The van der Waals surface area contributed by atoms with Gasteiger partial charge in [-0.1, -0.05) is 0 Å². The molecule has 0 saturated carbocycles. The molecule has 0 N–H and O–H groups in total. The summed E-state index contributed by atoms with van der Waals surface area (Å²) in [7, 11) is 2.10. The Morgan fingerprint density at radius 3 is 2.12 bits per heavy atom. The van der Waals surface area contributed by atoms with Crippen LogP contribution in [0.2, 0.25) is 13.3 Å². The zero-order valence-corrected chi connectivity index (χ0v) is 23.5. The van der Waals surface area contributed by atoms with E-state index < -0.39 is 18.4 Å². The fourth-order valence-corrected chi connectivity index (χ4v) is 19.4. The van der Waals surface area contributed by atoms with E-state index in [2.05, 4.69) is 87.7 Å². The molecule has 0 saturated heterocycles. The van der Waals surface area contributed by atoms with Crippen LogP contribution in [0.25, 0.3) is 11.0 Å². The molecular formula is C28H39N3Sn. The second-order valence-corrected chi connectivity index (χ2v) is 22.1. The maximum atomic E-state index is 5.28. The maximum absolute atomic E-state index is 5.28. The van der Waals surface area contributed by atoms with Crippen LogP contribution in [0.3, 0.4) is 0 Å². The third-order valence-electron chi connectivity index (χ3n) is 6.57. The van der Waals surface area contributed by atoms with Crippen LogP contribution in [0.15, 0.2) is 36.5 Å². The average molecular weight is 536 g/mol. The Morgan fingerprint density at radius 2 is 1.53 bits per heavy atom. The van der Waals surface area contributed by atoms with Gasteiger partial charge < -0.3 is 0 Å². The van der Waals surface area contributed by atoms with Gasteiger partial charge in [0.2, 0.25) is 0 Å². The molecule has 0 aliphatic rings. The molecule has 3 aromatic rings. The molecule has 0 unspecified atom stereocenters. The molecule has 0 aliphatic heterocycles. The molecule has 1 aromatic carbocycles. The van der Waals surface area contributed by atoms with Gasteiger partial charge in [-0.25, -0.2) is 0 Å². The first-order valence-corrected chi connectivity index (χ1v) is 19.9. The third kappa shape index (κ3) is 5.95. The number of fused-ring (bicyclic) bond motifs is 1. The molecule has 0 aliphatic carbocycles. The summed E-state index contributed by atoms with van der Waals surface area (Å²) in [5.74, 6) is 6.83. The standard InChI is InChI=1S/C16H12N3.3C4H9.Sn/c1-12-4-3-5-13(10-12)6-7-15-14-8-9-19(2)16(14)18-11-17-15;3*1-3-4-2;/h3-5,8-10H,1-2H3;3*1,3-4H2,2H3;. The van der Waals surface area contributed by atoms with Crippen molar-refractivity contribution in [2.45, 2.75) is 79.5 Å². The summed E-state index contributed by atoms with van der Waals surface area (Å²) in [5, 5.41) is 1.08. The molecule has 3 nitrogen and oxygen atoms in total. The molecule has 2 aromatic heterocycles. The van der Waals surface area contributed by atoms with Crippen LogP contribution in [0, 0.1) is 18.8 Å². The zero-order chi connectivity index (χ0) is 23.0. The van der Waals surface area contributed by atoms with Gasteiger partial charge in [0.1, 0.15) is 0 Å². The summed E-state index contributed by atoms with van der Waals surface area (Å²) in [6.07, 6.45) is 9.78. The first-order chi connectivity index (χ1) is 15.5. The summed E-state index contributed by atoms with van der Waals surface area (Å²) in [4.78, 5) is 10.6. The van der Waals surface area contributed by atoms with Gasteiger partial charge in [0.15, 0.2) is 0 Å². The summed E-state index contributed by atoms with van der Waals surface area (Å²) in [6.45, 7) is 9.06. The van der Waals surface area contributed by atoms with Crippen LogP contribution in [-0.4, -0.2) is 32.9 Å². The number of unbranched alkanes of at least 4 members (excludes halogenated alkanes) is 3. The SMILES string of the molecule is CCC[CH2][Sn]([CH2]CCC)([CH2]CCC)[c]1nc(C#Cc2cccc(C)c2)c2ccn(C)c2n1. The van der Waals surface area contributed by atoms with E-state index in [1.54, 1.807) is 0 Å². The monoisotopic (exact) mass is 537 g/mol. The molecule has 0 fully saturated rings. The molecule has 0 bridgehead atoms. The second kappa shape index (κ2) is 11.9. The normalized spacial score (nSPS) is 11.5. The van der Waals surface area contributed by atoms with Crippen LogP contribution in [0.5, 0.6) is 0 Å². The van der Waals surface area contributed by atoms with Crippen LogP contribution >= 0.6 is 0 Å². The Balaban J connectivity index is 2.15. The Kier molecular flexibility index (Phi) is 9.22. The van der Waals surface area contributed by atoms with Crippen molar-refractivity contribution in [3.63, 3.8) is 0 Å². The molecule has 3 rings (SSSR count). The number of aryl methyl sites for hydroxylation is 2. The number of rotatable bonds is 10. The fourth-order valence-electron chi connectivity index (χ4n) is 4.58. The van der Waals surface area contributed by atoms with Gasteiger partial charge in [0.05, 0.1) is 0 Å². The van der Waals surface area contributed by atoms with Crippen molar-refractivity contribution in [1.29, 1.82) is 0 Å². The van der Waals surface area contributed by atoms with Crippen molar-refractivity contribution < 1.29 is 0 Å². The van der Waals surface area contributed by atoms with Crippen molar-refractivity contribution in [2.24, 2.45) is 7.05 Å². The Hall–Kier alpha value is -1.80. The van der Waals surface area contributed by atoms with Gasteiger partial charge in [-0.05, 0) is 0 Å². The van der Waals surface area contributed by atoms with Crippen molar-refractivity contribution in [3.05, 3.63) is 53.3 Å². The van der Waals surface area contributed by atoms with Gasteiger partial charge >= 0.3 is 200 Å². The Morgan fingerprint density at radius 1 is 0.875 bits per heavy atom. The van der Waals surface area contributed by atoms with Crippen LogP contribution in [0.4, 0.5) is 0 Å². The number of nitrogens with zero attached hydrogens (tertiary/aromatic N) is 3. The quantitative estimate of drug-likeness (QED) is 0.213. The van der Waals surface area contributed by atoms with E-state index in [4.69, 9.17) is 9.97 Å². The topological polar surface area (TPSA) is 30.7 Å². The summed E-state index contributed by atoms with van der Waals surface area (Å²) in [6, 6.07) is 10.5. The van der Waals surface area contributed by atoms with E-state index >= 15 is 0 Å². The second-order valence-electron chi connectivity index (χ2n) is 9.27. The van der Waals surface area contributed by atoms with E-state index in [0.717, 1.165) is 22.3 Å². The number of benzene rings is 1. The van der Waals surface area contributed by atoms with Crippen LogP contribution < -0.4 is 3.84 Å². The number of hydrogen-bond acceptors (Lipinski definition) is 2. The first-order valence-electron chi connectivity index (χ1n) is 12.4. The minimum absolute atomic E-state index is 0.915. The van der Waals surface area contributed by atoms with Crippen molar-refractivity contribution in [3.8, 4) is 11.8 Å². The van der Waals surface area contributed by atoms with Gasteiger partial charge in [-0.2, -0.15) is 0 Å². The van der Waals surface area contributed by atoms with Crippen molar-refractivity contribution >= 4 is 33.3 Å². The summed E-state index contributed by atoms with van der Waals surface area (Å²) < 4.78 is 7.47. The predicted molar refractivity (Wildman–Crippen MR) is 140 cm³/mol. The predicted octanol–water partition coefficient (Wildman–Crippen LogP) is 6.73. The molecule has 170 valence electrons. The number of aromatic nitrogens is 3. The van der Waals surface area contributed by atoms with Gasteiger partial charge in [-0.15, -0.1) is 0 Å². The van der Waals surface area contributed by atoms with Gasteiger partial charge in [0.25, 0.3) is 0 Å². The molecule has 0 radical (unpaired) electrons. The van der Waals surface area contributed by atoms with Gasteiger partial charge in [-0.3, -0.25) is 0 Å². The van der Waals surface area contributed by atoms with E-state index in [-0.39, 0.29) is 0 Å². The van der Waals surface area contributed by atoms with Crippen molar-refractivity contribution in [1.82, 2.24) is 14.5 Å². The minimum atomic E-state index is -2.74. The van der Waals surface area contributed by atoms with E-state index in [1.807, 2.05) is 0 Å². The van der Waals surface area contributed by atoms with Gasteiger partial charge in [0, 0.05) is 0 Å². The zero-order valence-electron chi connectivity index (χ0n) is 20.7. The Labute approximate surface area is 198 Å². The molecule has 0 atom stereocenters. The van der Waals surface area contributed by atoms with E-state index in [1.165, 1.54) is 61.2 Å². The molecule has 0 spiro atoms. The van der Waals surface area contributed by atoms with Crippen molar-refractivity contribution in [2.75, 3.05) is 0 Å². The van der Waals surface area contributed by atoms with Crippen LogP contribution in [0.1, 0.15) is 76.1 Å². The van der Waals surface area contributed by atoms with Crippen LogP contribution in [-0.2, 0) is 7.05 Å². The average Bonchev–Trinajstić information content (AvgIpc) is 3.18. The summed E-state index contributed by atoms with van der Waals surface area (Å²) in [5.41, 5.74) is 4.25. The fraction of sp³-hybridized carbons (Fsp3) is 0.500. The van der Waals surface area contributed by atoms with E-state index in [9.17, 15) is 0 Å².